The van der Waals surface area contributed by atoms with Crippen molar-refractivity contribution in [3.05, 3.63) is 0 Å². The second-order valence-electron chi connectivity index (χ2n) is 4.19. The molecular weight excluding hydrogens is 150 g/mol. The molecule has 2 heteroatoms. The van der Waals surface area contributed by atoms with Gasteiger partial charge in [-0.2, -0.15) is 0 Å². The number of likely N-dealkylation sites (tertiary alicyclic amines) is 1. The lowest BCUT2D eigenvalue weighted by molar-refractivity contribution is 0.126. The van der Waals surface area contributed by atoms with Gasteiger partial charge in [0.25, 0.3) is 0 Å². The molecule has 12 heavy (non-hydrogen) atoms. The minimum atomic E-state index is 0.815. The number of ether oxygens (including phenoxy) is 1. The highest BCUT2D eigenvalue weighted by Crippen LogP contribution is 2.29. The van der Waals surface area contributed by atoms with Gasteiger partial charge in [-0.1, -0.05) is 6.42 Å². The molecule has 1 saturated carbocycles. The first kappa shape index (κ1) is 8.52. The van der Waals surface area contributed by atoms with E-state index in [1.165, 1.54) is 38.8 Å². The quantitative estimate of drug-likeness (QED) is 0.635. The molecule has 0 aromatic rings. The van der Waals surface area contributed by atoms with Crippen LogP contribution in [0.2, 0.25) is 0 Å². The van der Waals surface area contributed by atoms with Crippen molar-refractivity contribution in [2.24, 2.45) is 5.92 Å². The van der Waals surface area contributed by atoms with E-state index in [4.69, 9.17) is 4.74 Å². The van der Waals surface area contributed by atoms with E-state index in [9.17, 15) is 0 Å². The monoisotopic (exact) mass is 169 g/mol. The molecule has 2 rings (SSSR count). The molecule has 1 atom stereocenters. The normalized spacial score (nSPS) is 32.2. The summed E-state index contributed by atoms with van der Waals surface area (Å²) in [7, 11) is 1.81. The summed E-state index contributed by atoms with van der Waals surface area (Å²) in [6.45, 7) is 3.57. The Kier molecular flexibility index (Phi) is 2.66. The molecule has 1 heterocycles. The first-order chi connectivity index (χ1) is 5.90. The molecule has 70 valence electrons. The SMILES string of the molecule is COCC1CCN(C2CCC2)C1. The van der Waals surface area contributed by atoms with E-state index in [1.54, 1.807) is 0 Å². The van der Waals surface area contributed by atoms with E-state index < -0.39 is 0 Å². The van der Waals surface area contributed by atoms with Crippen molar-refractivity contribution in [2.45, 2.75) is 31.7 Å². The van der Waals surface area contributed by atoms with E-state index in [2.05, 4.69) is 4.90 Å². The first-order valence-corrected chi connectivity index (χ1v) is 5.13. The molecule has 2 fully saturated rings. The smallest absolute Gasteiger partial charge is 0.0503 e. The van der Waals surface area contributed by atoms with Crippen LogP contribution >= 0.6 is 0 Å². The lowest BCUT2D eigenvalue weighted by atomic mass is 9.92. The zero-order valence-corrected chi connectivity index (χ0v) is 7.96. The Morgan fingerprint density at radius 1 is 1.33 bits per heavy atom. The predicted octanol–water partition coefficient (Wildman–Crippen LogP) is 1.51. The third kappa shape index (κ3) is 1.64. The first-order valence-electron chi connectivity index (χ1n) is 5.13. The Hall–Kier alpha value is -0.0800. The maximum absolute atomic E-state index is 5.18. The summed E-state index contributed by atoms with van der Waals surface area (Å²) in [5.41, 5.74) is 0. The van der Waals surface area contributed by atoms with Gasteiger partial charge in [0.05, 0.1) is 6.61 Å². The molecule has 1 unspecified atom stereocenters. The van der Waals surface area contributed by atoms with E-state index in [-0.39, 0.29) is 0 Å². The number of nitrogens with zero attached hydrogens (tertiary/aromatic N) is 1. The Morgan fingerprint density at radius 2 is 2.17 bits per heavy atom. The predicted molar refractivity (Wildman–Crippen MR) is 49.2 cm³/mol. The average molecular weight is 169 g/mol. The van der Waals surface area contributed by atoms with Crippen molar-refractivity contribution < 1.29 is 4.74 Å². The largest absolute Gasteiger partial charge is 0.384 e. The molecule has 2 aliphatic rings. The van der Waals surface area contributed by atoms with Crippen LogP contribution in [0.4, 0.5) is 0 Å². The minimum Gasteiger partial charge on any atom is -0.384 e. The Morgan fingerprint density at radius 3 is 2.75 bits per heavy atom. The van der Waals surface area contributed by atoms with Crippen molar-refractivity contribution in [1.29, 1.82) is 0 Å². The van der Waals surface area contributed by atoms with Crippen molar-refractivity contribution in [3.63, 3.8) is 0 Å². The Labute approximate surface area is 74.9 Å². The summed E-state index contributed by atoms with van der Waals surface area (Å²) in [5.74, 6) is 0.815. The molecule has 0 radical (unpaired) electrons. The minimum absolute atomic E-state index is 0.815. The van der Waals surface area contributed by atoms with Crippen LogP contribution in [-0.4, -0.2) is 37.7 Å². The second kappa shape index (κ2) is 3.75. The Bertz CT molecular complexity index is 145. The van der Waals surface area contributed by atoms with Crippen LogP contribution in [0, 0.1) is 5.92 Å². The summed E-state index contributed by atoms with van der Waals surface area (Å²) >= 11 is 0. The highest BCUT2D eigenvalue weighted by atomic mass is 16.5. The summed E-state index contributed by atoms with van der Waals surface area (Å²) in [4.78, 5) is 2.66. The van der Waals surface area contributed by atoms with Gasteiger partial charge in [-0.3, -0.25) is 0 Å². The third-order valence-corrected chi connectivity index (χ3v) is 3.31. The molecule has 0 aromatic heterocycles. The average Bonchev–Trinajstić information content (AvgIpc) is 2.34. The molecule has 0 aromatic carbocycles. The number of methoxy groups -OCH3 is 1. The van der Waals surface area contributed by atoms with Gasteiger partial charge < -0.3 is 9.64 Å². The molecular formula is C10H19NO. The van der Waals surface area contributed by atoms with E-state index in [0.29, 0.717) is 0 Å². The van der Waals surface area contributed by atoms with Gasteiger partial charge in [0.2, 0.25) is 0 Å². The zero-order valence-electron chi connectivity index (χ0n) is 7.96. The molecule has 1 aliphatic heterocycles. The van der Waals surface area contributed by atoms with Gasteiger partial charge in [0.15, 0.2) is 0 Å². The van der Waals surface area contributed by atoms with Gasteiger partial charge in [-0.05, 0) is 31.7 Å². The molecule has 1 aliphatic carbocycles. The molecule has 0 N–H and O–H groups in total. The molecule has 0 bridgehead atoms. The number of rotatable bonds is 3. The highest BCUT2D eigenvalue weighted by Gasteiger charge is 2.30. The highest BCUT2D eigenvalue weighted by molar-refractivity contribution is 4.85. The summed E-state index contributed by atoms with van der Waals surface area (Å²) in [6.07, 6.45) is 5.69. The fourth-order valence-corrected chi connectivity index (χ4v) is 2.32. The molecule has 1 saturated heterocycles. The van der Waals surface area contributed by atoms with Crippen LogP contribution in [0.15, 0.2) is 0 Å². The maximum Gasteiger partial charge on any atom is 0.0503 e. The third-order valence-electron chi connectivity index (χ3n) is 3.31. The van der Waals surface area contributed by atoms with Crippen LogP contribution in [0.1, 0.15) is 25.7 Å². The van der Waals surface area contributed by atoms with Crippen molar-refractivity contribution >= 4 is 0 Å². The van der Waals surface area contributed by atoms with Crippen LogP contribution < -0.4 is 0 Å². The van der Waals surface area contributed by atoms with Crippen LogP contribution in [0.25, 0.3) is 0 Å². The van der Waals surface area contributed by atoms with Crippen LogP contribution in [-0.2, 0) is 4.74 Å². The van der Waals surface area contributed by atoms with Gasteiger partial charge in [0.1, 0.15) is 0 Å². The zero-order chi connectivity index (χ0) is 8.39. The van der Waals surface area contributed by atoms with Gasteiger partial charge >= 0.3 is 0 Å². The fraction of sp³-hybridized carbons (Fsp3) is 1.00. The topological polar surface area (TPSA) is 12.5 Å². The molecule has 2 nitrogen and oxygen atoms in total. The van der Waals surface area contributed by atoms with Crippen molar-refractivity contribution in [2.75, 3.05) is 26.8 Å². The van der Waals surface area contributed by atoms with Crippen LogP contribution in [0.5, 0.6) is 0 Å². The summed E-state index contributed by atoms with van der Waals surface area (Å²) in [5, 5.41) is 0. The van der Waals surface area contributed by atoms with E-state index >= 15 is 0 Å². The number of hydrogen-bond donors (Lipinski definition) is 0. The van der Waals surface area contributed by atoms with Crippen molar-refractivity contribution in [1.82, 2.24) is 4.90 Å². The Balaban J connectivity index is 1.73. The van der Waals surface area contributed by atoms with Gasteiger partial charge in [0, 0.05) is 19.7 Å². The van der Waals surface area contributed by atoms with E-state index in [0.717, 1.165) is 18.6 Å². The van der Waals surface area contributed by atoms with Gasteiger partial charge in [-0.15, -0.1) is 0 Å². The molecule has 0 spiro atoms. The van der Waals surface area contributed by atoms with Crippen LogP contribution in [0.3, 0.4) is 0 Å². The molecule has 0 amide bonds. The van der Waals surface area contributed by atoms with E-state index in [1.807, 2.05) is 7.11 Å². The lowest BCUT2D eigenvalue weighted by Gasteiger charge is -2.34. The standard InChI is InChI=1S/C10H19NO/c1-12-8-9-5-6-11(7-9)10-3-2-4-10/h9-10H,2-8H2,1H3. The number of hydrogen-bond acceptors (Lipinski definition) is 2. The second-order valence-corrected chi connectivity index (χ2v) is 4.19. The maximum atomic E-state index is 5.18. The summed E-state index contributed by atoms with van der Waals surface area (Å²) in [6, 6.07) is 0.937. The lowest BCUT2D eigenvalue weighted by Crippen LogP contribution is -2.38. The van der Waals surface area contributed by atoms with Gasteiger partial charge in [-0.25, -0.2) is 0 Å². The van der Waals surface area contributed by atoms with Crippen molar-refractivity contribution in [3.8, 4) is 0 Å². The summed E-state index contributed by atoms with van der Waals surface area (Å²) < 4.78 is 5.18. The fourth-order valence-electron chi connectivity index (χ4n) is 2.32.